The third kappa shape index (κ3) is 0.756. The van der Waals surface area contributed by atoms with Crippen molar-refractivity contribution in [3.8, 4) is 0 Å². The van der Waals surface area contributed by atoms with Crippen LogP contribution in [0.4, 0.5) is 0 Å². The quantitative estimate of drug-likeness (QED) is 0.534. The van der Waals surface area contributed by atoms with Crippen molar-refractivity contribution in [3.05, 3.63) is 23.8 Å². The largest absolute Gasteiger partial charge is 0.362 e. The average molecular weight is 154 g/mol. The summed E-state index contributed by atoms with van der Waals surface area (Å²) in [6, 6.07) is 0. The highest BCUT2D eigenvalue weighted by Gasteiger charge is 2.54. The Hall–Kier alpha value is -0.210. The topological polar surface area (TPSA) is 9.23 Å². The van der Waals surface area contributed by atoms with Crippen LogP contribution < -0.4 is 0 Å². The Morgan fingerprint density at radius 2 is 2.50 bits per heavy atom. The molecule has 1 saturated heterocycles. The molecule has 0 aromatic carbocycles. The van der Waals surface area contributed by atoms with Gasteiger partial charge in [-0.25, -0.2) is 0 Å². The summed E-state index contributed by atoms with van der Waals surface area (Å²) in [7, 11) is 1.77. The highest BCUT2D eigenvalue weighted by atomic mass is 32.2. The maximum atomic E-state index is 5.33. The van der Waals surface area contributed by atoms with Gasteiger partial charge in [0.1, 0.15) is 4.93 Å². The van der Waals surface area contributed by atoms with Gasteiger partial charge in [-0.05, 0) is 13.0 Å². The lowest BCUT2D eigenvalue weighted by molar-refractivity contribution is 0.143. The van der Waals surface area contributed by atoms with Gasteiger partial charge in [-0.2, -0.15) is 0 Å². The van der Waals surface area contributed by atoms with Crippen LogP contribution >= 0.6 is 11.8 Å². The average Bonchev–Trinajstić information content (AvgIpc) is 2.62. The SMILES string of the molecule is COC12C=CC(C)=CC1S2. The van der Waals surface area contributed by atoms with E-state index < -0.39 is 0 Å². The van der Waals surface area contributed by atoms with Gasteiger partial charge in [-0.15, -0.1) is 11.8 Å². The standard InChI is InChI=1S/C8H10OS/c1-6-3-4-8(9-2)7(5-6)10-8/h3-5,7H,1-2H3. The first-order chi connectivity index (χ1) is 4.77. The minimum Gasteiger partial charge on any atom is -0.362 e. The van der Waals surface area contributed by atoms with Crippen molar-refractivity contribution in [2.24, 2.45) is 0 Å². The zero-order chi connectivity index (χ0) is 7.19. The van der Waals surface area contributed by atoms with Crippen molar-refractivity contribution in [2.45, 2.75) is 17.1 Å². The zero-order valence-corrected chi connectivity index (χ0v) is 6.94. The van der Waals surface area contributed by atoms with Crippen molar-refractivity contribution in [1.82, 2.24) is 0 Å². The van der Waals surface area contributed by atoms with Crippen LogP contribution in [0.2, 0.25) is 0 Å². The first-order valence-electron chi connectivity index (χ1n) is 3.37. The monoisotopic (exact) mass is 154 g/mol. The van der Waals surface area contributed by atoms with E-state index in [-0.39, 0.29) is 4.93 Å². The molecule has 1 nitrogen and oxygen atoms in total. The summed E-state index contributed by atoms with van der Waals surface area (Å²) in [6.07, 6.45) is 6.53. The molecule has 0 amide bonds. The fraction of sp³-hybridized carbons (Fsp3) is 0.500. The third-order valence-electron chi connectivity index (χ3n) is 1.96. The van der Waals surface area contributed by atoms with Gasteiger partial charge in [0.05, 0.1) is 5.25 Å². The number of rotatable bonds is 1. The molecule has 1 fully saturated rings. The van der Waals surface area contributed by atoms with E-state index in [0.717, 1.165) is 0 Å². The Labute approximate surface area is 65.1 Å². The van der Waals surface area contributed by atoms with Crippen molar-refractivity contribution < 1.29 is 4.74 Å². The molecule has 0 bridgehead atoms. The lowest BCUT2D eigenvalue weighted by Crippen LogP contribution is -2.14. The summed E-state index contributed by atoms with van der Waals surface area (Å²) in [4.78, 5) is 0.0273. The Balaban J connectivity index is 2.23. The first-order valence-corrected chi connectivity index (χ1v) is 4.25. The third-order valence-corrected chi connectivity index (χ3v) is 3.37. The number of hydrogen-bond donors (Lipinski definition) is 0. The summed E-state index contributed by atoms with van der Waals surface area (Å²) in [5, 5.41) is 0.586. The maximum Gasteiger partial charge on any atom is 0.148 e. The molecule has 1 heterocycles. The van der Waals surface area contributed by atoms with E-state index in [9.17, 15) is 0 Å². The second-order valence-electron chi connectivity index (χ2n) is 2.71. The first kappa shape index (κ1) is 6.50. The van der Waals surface area contributed by atoms with Gasteiger partial charge < -0.3 is 4.74 Å². The van der Waals surface area contributed by atoms with Crippen LogP contribution in [-0.2, 0) is 4.74 Å². The van der Waals surface area contributed by atoms with E-state index in [1.807, 2.05) is 11.8 Å². The molecule has 2 aliphatic rings. The fourth-order valence-electron chi connectivity index (χ4n) is 1.22. The number of allylic oxidation sites excluding steroid dienone is 2. The molecule has 0 N–H and O–H groups in total. The summed E-state index contributed by atoms with van der Waals surface area (Å²) < 4.78 is 5.33. The number of ether oxygens (including phenoxy) is 1. The molecular weight excluding hydrogens is 144 g/mol. The van der Waals surface area contributed by atoms with Gasteiger partial charge in [0.25, 0.3) is 0 Å². The highest BCUT2D eigenvalue weighted by Crippen LogP contribution is 2.57. The summed E-state index contributed by atoms with van der Waals surface area (Å²) in [5.74, 6) is 0. The van der Waals surface area contributed by atoms with Gasteiger partial charge in [-0.1, -0.05) is 17.7 Å². The van der Waals surface area contributed by atoms with E-state index >= 15 is 0 Å². The zero-order valence-electron chi connectivity index (χ0n) is 6.13. The predicted octanol–water partition coefficient (Wildman–Crippen LogP) is 1.96. The minimum atomic E-state index is 0.0273. The van der Waals surface area contributed by atoms with E-state index in [1.165, 1.54) is 5.57 Å². The molecule has 2 atom stereocenters. The van der Waals surface area contributed by atoms with Gasteiger partial charge in [0.2, 0.25) is 0 Å². The molecule has 0 aromatic heterocycles. The second-order valence-corrected chi connectivity index (χ2v) is 4.09. The number of thioether (sulfide) groups is 1. The van der Waals surface area contributed by atoms with Crippen LogP contribution in [0.5, 0.6) is 0 Å². The normalized spacial score (nSPS) is 42.6. The molecule has 1 aliphatic heterocycles. The van der Waals surface area contributed by atoms with E-state index in [1.54, 1.807) is 7.11 Å². The predicted molar refractivity (Wildman–Crippen MR) is 44.0 cm³/mol. The molecule has 0 radical (unpaired) electrons. The summed E-state index contributed by atoms with van der Waals surface area (Å²) >= 11 is 1.86. The molecule has 2 rings (SSSR count). The number of hydrogen-bond acceptors (Lipinski definition) is 2. The molecule has 0 saturated carbocycles. The second kappa shape index (κ2) is 1.89. The van der Waals surface area contributed by atoms with Gasteiger partial charge >= 0.3 is 0 Å². The van der Waals surface area contributed by atoms with E-state index in [2.05, 4.69) is 25.2 Å². The smallest absolute Gasteiger partial charge is 0.148 e. The lowest BCUT2D eigenvalue weighted by atomic mass is 10.1. The van der Waals surface area contributed by atoms with Crippen LogP contribution in [0.25, 0.3) is 0 Å². The lowest BCUT2D eigenvalue weighted by Gasteiger charge is -2.09. The number of fused-ring (bicyclic) bond motifs is 1. The molecule has 0 aromatic rings. The van der Waals surface area contributed by atoms with Crippen molar-refractivity contribution >= 4 is 11.8 Å². The van der Waals surface area contributed by atoms with Crippen molar-refractivity contribution in [3.63, 3.8) is 0 Å². The summed E-state index contributed by atoms with van der Waals surface area (Å²) in [5.41, 5.74) is 1.35. The Morgan fingerprint density at radius 1 is 1.70 bits per heavy atom. The van der Waals surface area contributed by atoms with Gasteiger partial charge in [0, 0.05) is 7.11 Å². The number of methoxy groups -OCH3 is 1. The molecule has 54 valence electrons. The Bertz CT molecular complexity index is 219. The molecule has 0 spiro atoms. The van der Waals surface area contributed by atoms with Crippen LogP contribution in [0.15, 0.2) is 23.8 Å². The van der Waals surface area contributed by atoms with Crippen LogP contribution in [0.3, 0.4) is 0 Å². The summed E-state index contributed by atoms with van der Waals surface area (Å²) in [6.45, 7) is 2.12. The highest BCUT2D eigenvalue weighted by molar-refractivity contribution is 8.08. The molecular formula is C8H10OS. The maximum absolute atomic E-state index is 5.33. The molecule has 1 aliphatic carbocycles. The molecule has 2 heteroatoms. The van der Waals surface area contributed by atoms with Crippen molar-refractivity contribution in [2.75, 3.05) is 7.11 Å². The Morgan fingerprint density at radius 3 is 3.10 bits per heavy atom. The Kier molecular flexibility index (Phi) is 1.23. The molecule has 10 heavy (non-hydrogen) atoms. The fourth-order valence-corrected chi connectivity index (χ4v) is 2.32. The van der Waals surface area contributed by atoms with Gasteiger partial charge in [0.15, 0.2) is 0 Å². The van der Waals surface area contributed by atoms with Gasteiger partial charge in [-0.3, -0.25) is 0 Å². The van der Waals surface area contributed by atoms with Crippen LogP contribution in [0.1, 0.15) is 6.92 Å². The minimum absolute atomic E-state index is 0.0273. The van der Waals surface area contributed by atoms with Crippen LogP contribution in [0, 0.1) is 0 Å². The van der Waals surface area contributed by atoms with E-state index in [0.29, 0.717) is 5.25 Å². The van der Waals surface area contributed by atoms with Crippen molar-refractivity contribution in [1.29, 1.82) is 0 Å². The molecule has 2 unspecified atom stereocenters. The van der Waals surface area contributed by atoms with Crippen LogP contribution in [-0.4, -0.2) is 17.3 Å². The van der Waals surface area contributed by atoms with E-state index in [4.69, 9.17) is 4.74 Å².